The zero-order chi connectivity index (χ0) is 12.1. The SMILES string of the molecule is COc1c(Br)cc(CCCN)c(OC)c1C. The number of ether oxygens (including phenoxy) is 2. The van der Waals surface area contributed by atoms with Crippen LogP contribution in [-0.2, 0) is 6.42 Å². The highest BCUT2D eigenvalue weighted by atomic mass is 79.9. The molecule has 3 nitrogen and oxygen atoms in total. The second-order valence-electron chi connectivity index (χ2n) is 3.60. The molecule has 0 bridgehead atoms. The third-order valence-corrected chi connectivity index (χ3v) is 3.14. The van der Waals surface area contributed by atoms with Gasteiger partial charge in [0, 0.05) is 5.56 Å². The van der Waals surface area contributed by atoms with Gasteiger partial charge in [0.1, 0.15) is 11.5 Å². The van der Waals surface area contributed by atoms with Crippen molar-refractivity contribution in [3.63, 3.8) is 0 Å². The summed E-state index contributed by atoms with van der Waals surface area (Å²) in [6.07, 6.45) is 1.87. The van der Waals surface area contributed by atoms with E-state index in [-0.39, 0.29) is 0 Å². The lowest BCUT2D eigenvalue weighted by Crippen LogP contribution is -2.03. The van der Waals surface area contributed by atoms with Gasteiger partial charge in [-0.3, -0.25) is 0 Å². The normalized spacial score (nSPS) is 10.3. The van der Waals surface area contributed by atoms with Gasteiger partial charge in [-0.2, -0.15) is 0 Å². The standard InChI is InChI=1S/C12H18BrNO2/c1-8-11(15-2)9(5-4-6-14)7-10(13)12(8)16-3/h7H,4-6,14H2,1-3H3. The number of rotatable bonds is 5. The minimum Gasteiger partial charge on any atom is -0.496 e. The molecule has 0 atom stereocenters. The molecule has 0 aliphatic heterocycles. The molecule has 1 aromatic rings. The zero-order valence-electron chi connectivity index (χ0n) is 9.97. The van der Waals surface area contributed by atoms with E-state index in [4.69, 9.17) is 15.2 Å². The first kappa shape index (κ1) is 13.3. The van der Waals surface area contributed by atoms with Gasteiger partial charge in [-0.15, -0.1) is 0 Å². The fourth-order valence-corrected chi connectivity index (χ4v) is 2.56. The Bertz CT molecular complexity index is 367. The van der Waals surface area contributed by atoms with Crippen molar-refractivity contribution in [1.82, 2.24) is 0 Å². The number of halogens is 1. The maximum atomic E-state index is 5.52. The maximum absolute atomic E-state index is 5.52. The average molecular weight is 288 g/mol. The molecule has 0 aliphatic carbocycles. The summed E-state index contributed by atoms with van der Waals surface area (Å²) in [7, 11) is 3.34. The highest BCUT2D eigenvalue weighted by Gasteiger charge is 2.14. The van der Waals surface area contributed by atoms with Crippen LogP contribution in [0.1, 0.15) is 17.5 Å². The van der Waals surface area contributed by atoms with Crippen molar-refractivity contribution in [3.05, 3.63) is 21.7 Å². The van der Waals surface area contributed by atoms with Gasteiger partial charge in [0.05, 0.1) is 18.7 Å². The molecule has 0 heterocycles. The minimum atomic E-state index is 0.686. The third kappa shape index (κ3) is 2.68. The summed E-state index contributed by atoms with van der Waals surface area (Å²) < 4.78 is 11.7. The molecule has 0 aliphatic rings. The predicted octanol–water partition coefficient (Wildman–Crippen LogP) is 2.67. The molecule has 2 N–H and O–H groups in total. The van der Waals surface area contributed by atoms with Crippen molar-refractivity contribution in [2.45, 2.75) is 19.8 Å². The number of hydrogen-bond donors (Lipinski definition) is 1. The Morgan fingerprint density at radius 1 is 1.25 bits per heavy atom. The summed E-state index contributed by atoms with van der Waals surface area (Å²) in [5.74, 6) is 1.72. The first-order chi connectivity index (χ1) is 7.65. The van der Waals surface area contributed by atoms with Gasteiger partial charge < -0.3 is 15.2 Å². The summed E-state index contributed by atoms with van der Waals surface area (Å²) in [4.78, 5) is 0. The molecule has 0 saturated carbocycles. The Kier molecular flexibility index (Phi) is 5.09. The van der Waals surface area contributed by atoms with E-state index in [0.29, 0.717) is 6.54 Å². The van der Waals surface area contributed by atoms with Crippen molar-refractivity contribution < 1.29 is 9.47 Å². The number of aryl methyl sites for hydroxylation is 1. The summed E-state index contributed by atoms with van der Waals surface area (Å²) in [5, 5.41) is 0. The predicted molar refractivity (Wildman–Crippen MR) is 69.4 cm³/mol. The van der Waals surface area contributed by atoms with Crippen LogP contribution in [0.4, 0.5) is 0 Å². The van der Waals surface area contributed by atoms with E-state index in [1.807, 2.05) is 13.0 Å². The van der Waals surface area contributed by atoms with E-state index in [0.717, 1.165) is 39.9 Å². The van der Waals surface area contributed by atoms with Crippen LogP contribution in [0, 0.1) is 6.92 Å². The van der Waals surface area contributed by atoms with Crippen LogP contribution in [0.15, 0.2) is 10.5 Å². The van der Waals surface area contributed by atoms with E-state index in [1.165, 1.54) is 0 Å². The Hall–Kier alpha value is -0.740. The van der Waals surface area contributed by atoms with Crippen molar-refractivity contribution in [1.29, 1.82) is 0 Å². The summed E-state index contributed by atoms with van der Waals surface area (Å²) >= 11 is 3.50. The number of methoxy groups -OCH3 is 2. The largest absolute Gasteiger partial charge is 0.496 e. The molecule has 0 fully saturated rings. The molecule has 1 aromatic carbocycles. The highest BCUT2D eigenvalue weighted by Crippen LogP contribution is 2.38. The molecule has 16 heavy (non-hydrogen) atoms. The van der Waals surface area contributed by atoms with Crippen LogP contribution in [0.3, 0.4) is 0 Å². The van der Waals surface area contributed by atoms with Gasteiger partial charge in [0.2, 0.25) is 0 Å². The monoisotopic (exact) mass is 287 g/mol. The molecule has 0 spiro atoms. The number of nitrogens with two attached hydrogens (primary N) is 1. The van der Waals surface area contributed by atoms with Crippen LogP contribution in [0.5, 0.6) is 11.5 Å². The number of benzene rings is 1. The topological polar surface area (TPSA) is 44.5 Å². The molecular weight excluding hydrogens is 270 g/mol. The van der Waals surface area contributed by atoms with Crippen molar-refractivity contribution >= 4 is 15.9 Å². The molecule has 0 saturated heterocycles. The lowest BCUT2D eigenvalue weighted by molar-refractivity contribution is 0.383. The Balaban J connectivity index is 3.18. The van der Waals surface area contributed by atoms with Crippen LogP contribution in [-0.4, -0.2) is 20.8 Å². The third-order valence-electron chi connectivity index (χ3n) is 2.55. The van der Waals surface area contributed by atoms with Crippen LogP contribution >= 0.6 is 15.9 Å². The smallest absolute Gasteiger partial charge is 0.139 e. The van der Waals surface area contributed by atoms with Gasteiger partial charge >= 0.3 is 0 Å². The molecule has 90 valence electrons. The van der Waals surface area contributed by atoms with E-state index >= 15 is 0 Å². The molecule has 0 aromatic heterocycles. The van der Waals surface area contributed by atoms with Gasteiger partial charge in [0.25, 0.3) is 0 Å². The van der Waals surface area contributed by atoms with E-state index in [1.54, 1.807) is 14.2 Å². The lowest BCUT2D eigenvalue weighted by Gasteiger charge is -2.16. The first-order valence-corrected chi connectivity index (χ1v) is 6.05. The quantitative estimate of drug-likeness (QED) is 0.906. The molecule has 1 rings (SSSR count). The van der Waals surface area contributed by atoms with Crippen LogP contribution in [0.2, 0.25) is 0 Å². The van der Waals surface area contributed by atoms with Gasteiger partial charge in [0.15, 0.2) is 0 Å². The molecule has 0 amide bonds. The zero-order valence-corrected chi connectivity index (χ0v) is 11.6. The van der Waals surface area contributed by atoms with Crippen molar-refractivity contribution in [3.8, 4) is 11.5 Å². The number of hydrogen-bond acceptors (Lipinski definition) is 3. The first-order valence-electron chi connectivity index (χ1n) is 5.25. The molecule has 4 heteroatoms. The van der Waals surface area contributed by atoms with Gasteiger partial charge in [-0.25, -0.2) is 0 Å². The summed E-state index contributed by atoms with van der Waals surface area (Å²) in [5.41, 5.74) is 7.71. The summed E-state index contributed by atoms with van der Waals surface area (Å²) in [6.45, 7) is 2.68. The van der Waals surface area contributed by atoms with Gasteiger partial charge in [-0.1, -0.05) is 0 Å². The van der Waals surface area contributed by atoms with Crippen molar-refractivity contribution in [2.24, 2.45) is 5.73 Å². The fraction of sp³-hybridized carbons (Fsp3) is 0.500. The van der Waals surface area contributed by atoms with Gasteiger partial charge in [-0.05, 0) is 53.9 Å². The Morgan fingerprint density at radius 3 is 2.38 bits per heavy atom. The lowest BCUT2D eigenvalue weighted by atomic mass is 10.0. The highest BCUT2D eigenvalue weighted by molar-refractivity contribution is 9.10. The van der Waals surface area contributed by atoms with E-state index in [9.17, 15) is 0 Å². The van der Waals surface area contributed by atoms with Crippen LogP contribution < -0.4 is 15.2 Å². The second kappa shape index (κ2) is 6.11. The van der Waals surface area contributed by atoms with E-state index in [2.05, 4.69) is 15.9 Å². The Morgan fingerprint density at radius 2 is 1.88 bits per heavy atom. The molecule has 0 radical (unpaired) electrons. The fourth-order valence-electron chi connectivity index (χ4n) is 1.82. The van der Waals surface area contributed by atoms with Crippen molar-refractivity contribution in [2.75, 3.05) is 20.8 Å². The Labute approximate surface area is 105 Å². The average Bonchev–Trinajstić information content (AvgIpc) is 2.26. The second-order valence-corrected chi connectivity index (χ2v) is 4.46. The van der Waals surface area contributed by atoms with E-state index < -0.39 is 0 Å². The molecule has 0 unspecified atom stereocenters. The maximum Gasteiger partial charge on any atom is 0.139 e. The molecular formula is C12H18BrNO2. The minimum absolute atomic E-state index is 0.686. The summed E-state index contributed by atoms with van der Waals surface area (Å²) in [6, 6.07) is 2.04. The van der Waals surface area contributed by atoms with Crippen LogP contribution in [0.25, 0.3) is 0 Å².